The summed E-state index contributed by atoms with van der Waals surface area (Å²) in [6.45, 7) is 4.06. The van der Waals surface area contributed by atoms with Gasteiger partial charge in [0.05, 0.1) is 0 Å². The van der Waals surface area contributed by atoms with Gasteiger partial charge in [0.2, 0.25) is 11.8 Å². The van der Waals surface area contributed by atoms with Gasteiger partial charge in [0, 0.05) is 6.61 Å². The minimum Gasteiger partial charge on any atom is -0.396 e. The van der Waals surface area contributed by atoms with Gasteiger partial charge in [0.1, 0.15) is 5.41 Å². The number of hydrogen-bond acceptors (Lipinski definition) is 4. The van der Waals surface area contributed by atoms with Gasteiger partial charge in [-0.05, 0) is 43.8 Å². The van der Waals surface area contributed by atoms with Crippen LogP contribution in [0.2, 0.25) is 0 Å². The number of aliphatic hydroxyl groups is 1. The van der Waals surface area contributed by atoms with Crippen molar-refractivity contribution in [1.82, 2.24) is 10.6 Å². The van der Waals surface area contributed by atoms with Gasteiger partial charge in [-0.1, -0.05) is 13.8 Å². The van der Waals surface area contributed by atoms with Gasteiger partial charge in [-0.3, -0.25) is 9.59 Å². The molecule has 1 rings (SSSR count). The topological polar surface area (TPSA) is 78.4 Å². The van der Waals surface area contributed by atoms with Crippen molar-refractivity contribution in [2.45, 2.75) is 39.5 Å². The first kappa shape index (κ1) is 15.0. The molecule has 1 aliphatic rings. The molecule has 0 atom stereocenters. The maximum absolute atomic E-state index is 12.1. The second kappa shape index (κ2) is 6.24. The molecule has 0 spiro atoms. The lowest BCUT2D eigenvalue weighted by Crippen LogP contribution is -2.62. The van der Waals surface area contributed by atoms with Crippen LogP contribution in [0.1, 0.15) is 39.5 Å². The number of hydrogen-bond donors (Lipinski definition) is 3. The van der Waals surface area contributed by atoms with Gasteiger partial charge in [0.25, 0.3) is 0 Å². The van der Waals surface area contributed by atoms with Gasteiger partial charge in [-0.2, -0.15) is 0 Å². The van der Waals surface area contributed by atoms with E-state index >= 15 is 0 Å². The van der Waals surface area contributed by atoms with Crippen molar-refractivity contribution in [3.05, 3.63) is 0 Å². The molecule has 0 aromatic rings. The van der Waals surface area contributed by atoms with Crippen LogP contribution in [0.5, 0.6) is 0 Å². The standard InChI is InChI=1S/C12H20N2O3S/c1-8(2)4-6-12(5-3-7-15)9(16)13-11(18)14-10(12)17/h8,15H,3-7H2,1-2H3,(H2,13,14,16,17,18). The summed E-state index contributed by atoms with van der Waals surface area (Å²) in [5, 5.41) is 14.0. The Bertz CT molecular complexity index is 335. The van der Waals surface area contributed by atoms with Gasteiger partial charge < -0.3 is 15.7 Å². The summed E-state index contributed by atoms with van der Waals surface area (Å²) in [5.74, 6) is -0.277. The molecule has 2 amide bonds. The van der Waals surface area contributed by atoms with Crippen molar-refractivity contribution in [3.63, 3.8) is 0 Å². The van der Waals surface area contributed by atoms with Crippen LogP contribution in [-0.4, -0.2) is 28.6 Å². The highest BCUT2D eigenvalue weighted by Gasteiger charge is 2.48. The maximum atomic E-state index is 12.1. The third-order valence-corrected chi connectivity index (χ3v) is 3.44. The zero-order chi connectivity index (χ0) is 13.8. The highest BCUT2D eigenvalue weighted by atomic mass is 32.1. The van der Waals surface area contributed by atoms with Crippen LogP contribution in [0.4, 0.5) is 0 Å². The fourth-order valence-corrected chi connectivity index (χ4v) is 2.26. The Balaban J connectivity index is 2.90. The molecule has 102 valence electrons. The number of amides is 2. The number of carbonyl (C=O) groups is 2. The summed E-state index contributed by atoms with van der Waals surface area (Å²) in [6, 6.07) is 0. The summed E-state index contributed by atoms with van der Waals surface area (Å²) in [5.41, 5.74) is -1.09. The Kier molecular flexibility index (Phi) is 5.22. The van der Waals surface area contributed by atoms with E-state index < -0.39 is 5.41 Å². The first-order chi connectivity index (χ1) is 8.42. The van der Waals surface area contributed by atoms with Crippen molar-refractivity contribution in [2.75, 3.05) is 6.61 Å². The summed E-state index contributed by atoms with van der Waals surface area (Å²) in [6.07, 6.45) is 2.02. The third kappa shape index (κ3) is 3.26. The van der Waals surface area contributed by atoms with E-state index in [1.807, 2.05) is 13.8 Å². The molecule has 1 aliphatic heterocycles. The molecule has 1 heterocycles. The molecule has 0 unspecified atom stereocenters. The van der Waals surface area contributed by atoms with Crippen LogP contribution in [0.15, 0.2) is 0 Å². The SMILES string of the molecule is CC(C)CCC1(CCCO)C(=O)NC(=S)NC1=O. The van der Waals surface area contributed by atoms with Crippen LogP contribution in [0.3, 0.4) is 0 Å². The first-order valence-corrected chi connectivity index (χ1v) is 6.61. The van der Waals surface area contributed by atoms with Crippen molar-refractivity contribution >= 4 is 29.1 Å². The average molecular weight is 272 g/mol. The highest BCUT2D eigenvalue weighted by molar-refractivity contribution is 7.80. The van der Waals surface area contributed by atoms with E-state index in [-0.39, 0.29) is 23.5 Å². The zero-order valence-corrected chi connectivity index (χ0v) is 11.6. The van der Waals surface area contributed by atoms with Gasteiger partial charge in [-0.25, -0.2) is 0 Å². The molecule has 0 radical (unpaired) electrons. The predicted octanol–water partition coefficient (Wildman–Crippen LogP) is 0.712. The van der Waals surface area contributed by atoms with Crippen LogP contribution < -0.4 is 10.6 Å². The normalized spacial score (nSPS) is 18.8. The van der Waals surface area contributed by atoms with Crippen LogP contribution in [-0.2, 0) is 9.59 Å². The molecule has 0 bridgehead atoms. The van der Waals surface area contributed by atoms with Gasteiger partial charge in [-0.15, -0.1) is 0 Å². The Morgan fingerprint density at radius 2 is 1.78 bits per heavy atom. The van der Waals surface area contributed by atoms with E-state index in [0.717, 1.165) is 6.42 Å². The minimum atomic E-state index is -1.09. The smallest absolute Gasteiger partial charge is 0.241 e. The molecule has 1 fully saturated rings. The van der Waals surface area contributed by atoms with Crippen LogP contribution >= 0.6 is 12.2 Å². The Morgan fingerprint density at radius 3 is 2.22 bits per heavy atom. The second-order valence-corrected chi connectivity index (χ2v) is 5.49. The fraction of sp³-hybridized carbons (Fsp3) is 0.750. The largest absolute Gasteiger partial charge is 0.396 e. The second-order valence-electron chi connectivity index (χ2n) is 5.08. The number of rotatable bonds is 6. The molecule has 3 N–H and O–H groups in total. The van der Waals surface area contributed by atoms with E-state index in [4.69, 9.17) is 17.3 Å². The lowest BCUT2D eigenvalue weighted by atomic mass is 9.75. The summed E-state index contributed by atoms with van der Waals surface area (Å²) in [4.78, 5) is 24.2. The van der Waals surface area contributed by atoms with Crippen molar-refractivity contribution < 1.29 is 14.7 Å². The quantitative estimate of drug-likeness (QED) is 0.491. The molecule has 0 saturated carbocycles. The summed E-state index contributed by atoms with van der Waals surface area (Å²) < 4.78 is 0. The monoisotopic (exact) mass is 272 g/mol. The fourth-order valence-electron chi connectivity index (χ4n) is 2.07. The maximum Gasteiger partial charge on any atom is 0.241 e. The van der Waals surface area contributed by atoms with Gasteiger partial charge >= 0.3 is 0 Å². The van der Waals surface area contributed by atoms with Crippen molar-refractivity contribution in [1.29, 1.82) is 0 Å². The molecule has 0 aromatic heterocycles. The Labute approximate surface area is 112 Å². The van der Waals surface area contributed by atoms with E-state index in [9.17, 15) is 9.59 Å². The van der Waals surface area contributed by atoms with E-state index in [1.165, 1.54) is 0 Å². The number of nitrogens with one attached hydrogen (secondary N) is 2. The highest BCUT2D eigenvalue weighted by Crippen LogP contribution is 2.33. The van der Waals surface area contributed by atoms with E-state index in [2.05, 4.69) is 10.6 Å². The number of carbonyl (C=O) groups excluding carboxylic acids is 2. The molecule has 0 aromatic carbocycles. The predicted molar refractivity (Wildman–Crippen MR) is 71.7 cm³/mol. The molecular weight excluding hydrogens is 252 g/mol. The minimum absolute atomic E-state index is 0.0333. The molecule has 6 heteroatoms. The molecular formula is C12H20N2O3S. The van der Waals surface area contributed by atoms with Crippen molar-refractivity contribution in [2.24, 2.45) is 11.3 Å². The van der Waals surface area contributed by atoms with Crippen molar-refractivity contribution in [3.8, 4) is 0 Å². The molecule has 1 saturated heterocycles. The lowest BCUT2D eigenvalue weighted by molar-refractivity contribution is -0.145. The van der Waals surface area contributed by atoms with E-state index in [0.29, 0.717) is 25.2 Å². The number of thiocarbonyl (C=S) groups is 1. The molecule has 0 aliphatic carbocycles. The molecule has 18 heavy (non-hydrogen) atoms. The Hall–Kier alpha value is -1.01. The van der Waals surface area contributed by atoms with E-state index in [1.54, 1.807) is 0 Å². The zero-order valence-electron chi connectivity index (χ0n) is 10.8. The Morgan fingerprint density at radius 1 is 1.22 bits per heavy atom. The van der Waals surface area contributed by atoms with Crippen LogP contribution in [0.25, 0.3) is 0 Å². The molecule has 5 nitrogen and oxygen atoms in total. The summed E-state index contributed by atoms with van der Waals surface area (Å²) >= 11 is 4.80. The first-order valence-electron chi connectivity index (χ1n) is 6.20. The third-order valence-electron chi connectivity index (χ3n) is 3.23. The van der Waals surface area contributed by atoms with Gasteiger partial charge in [0.15, 0.2) is 5.11 Å². The average Bonchev–Trinajstić information content (AvgIpc) is 2.27. The lowest BCUT2D eigenvalue weighted by Gasteiger charge is -2.35. The number of aliphatic hydroxyl groups excluding tert-OH is 1. The van der Waals surface area contributed by atoms with Crippen LogP contribution in [0, 0.1) is 11.3 Å². The summed E-state index contributed by atoms with van der Waals surface area (Å²) in [7, 11) is 0.